The van der Waals surface area contributed by atoms with Crippen molar-refractivity contribution in [2.75, 3.05) is 24.6 Å². The van der Waals surface area contributed by atoms with Crippen LogP contribution in [-0.2, 0) is 17.1 Å². The summed E-state index contributed by atoms with van der Waals surface area (Å²) in [5, 5.41) is 2.79. The second-order valence-electron chi connectivity index (χ2n) is 3.54. The van der Waals surface area contributed by atoms with Crippen molar-refractivity contribution in [3.63, 3.8) is 0 Å². The fourth-order valence-corrected chi connectivity index (χ4v) is 3.46. The minimum atomic E-state index is 0.191. The zero-order valence-electron chi connectivity index (χ0n) is 8.82. The van der Waals surface area contributed by atoms with E-state index in [-0.39, 0.29) is 5.91 Å². The summed E-state index contributed by atoms with van der Waals surface area (Å²) in [6.07, 6.45) is 0.423. The Morgan fingerprint density at radius 3 is 2.88 bits per heavy atom. The van der Waals surface area contributed by atoms with Gasteiger partial charge in [0.15, 0.2) is 0 Å². The van der Waals surface area contributed by atoms with E-state index in [0.717, 1.165) is 35.3 Å². The lowest BCUT2D eigenvalue weighted by atomic mass is 10.3. The molecule has 2 rings (SSSR count). The molecule has 2 heterocycles. The van der Waals surface area contributed by atoms with Crippen molar-refractivity contribution in [1.82, 2.24) is 9.88 Å². The van der Waals surface area contributed by atoms with E-state index in [0.29, 0.717) is 12.3 Å². The van der Waals surface area contributed by atoms with Crippen LogP contribution in [0.15, 0.2) is 5.38 Å². The molecule has 0 saturated carbocycles. The molecule has 1 aromatic rings. The van der Waals surface area contributed by atoms with Crippen molar-refractivity contribution in [1.29, 1.82) is 0 Å². The third-order valence-corrected chi connectivity index (χ3v) is 4.52. The van der Waals surface area contributed by atoms with Crippen LogP contribution in [0.1, 0.15) is 10.7 Å². The molecule has 16 heavy (non-hydrogen) atoms. The largest absolute Gasteiger partial charge is 0.341 e. The molecule has 0 aliphatic carbocycles. The lowest BCUT2D eigenvalue weighted by Gasteiger charge is -2.26. The van der Waals surface area contributed by atoms with Gasteiger partial charge in [0.05, 0.1) is 18.0 Å². The number of rotatable bonds is 3. The number of nitrogens with zero attached hydrogens (tertiary/aromatic N) is 2. The molecule has 3 nitrogen and oxygen atoms in total. The molecule has 0 N–H and O–H groups in total. The maximum absolute atomic E-state index is 11.9. The molecular weight excluding hydrogens is 264 g/mol. The third kappa shape index (κ3) is 3.12. The van der Waals surface area contributed by atoms with Gasteiger partial charge in [0.25, 0.3) is 0 Å². The number of alkyl halides is 1. The van der Waals surface area contributed by atoms with Gasteiger partial charge in [-0.3, -0.25) is 4.79 Å². The number of thioether (sulfide) groups is 1. The zero-order chi connectivity index (χ0) is 11.4. The Labute approximate surface area is 108 Å². The summed E-state index contributed by atoms with van der Waals surface area (Å²) in [6, 6.07) is 0. The molecule has 0 bridgehead atoms. The number of thiazole rings is 1. The second kappa shape index (κ2) is 5.89. The van der Waals surface area contributed by atoms with E-state index in [2.05, 4.69) is 4.98 Å². The van der Waals surface area contributed by atoms with E-state index in [1.54, 1.807) is 0 Å². The van der Waals surface area contributed by atoms with Gasteiger partial charge < -0.3 is 4.90 Å². The summed E-state index contributed by atoms with van der Waals surface area (Å²) >= 11 is 9.10. The minimum absolute atomic E-state index is 0.191. The first kappa shape index (κ1) is 12.2. The van der Waals surface area contributed by atoms with Gasteiger partial charge in [-0.15, -0.1) is 22.9 Å². The molecule has 0 unspecified atom stereocenters. The van der Waals surface area contributed by atoms with E-state index in [1.165, 1.54) is 11.3 Å². The lowest BCUT2D eigenvalue weighted by Crippen LogP contribution is -2.38. The molecule has 6 heteroatoms. The first-order chi connectivity index (χ1) is 7.79. The molecule has 1 fully saturated rings. The highest BCUT2D eigenvalue weighted by Crippen LogP contribution is 2.15. The number of hydrogen-bond donors (Lipinski definition) is 0. The van der Waals surface area contributed by atoms with Crippen LogP contribution < -0.4 is 0 Å². The molecule has 1 aliphatic heterocycles. The number of hydrogen-bond acceptors (Lipinski definition) is 4. The molecular formula is C10H13ClN2OS2. The standard InChI is InChI=1S/C10H13ClN2OS2/c11-6-8-7-16-9(12-8)5-10(14)13-1-3-15-4-2-13/h7H,1-6H2. The van der Waals surface area contributed by atoms with Crippen LogP contribution in [-0.4, -0.2) is 40.4 Å². The Kier molecular flexibility index (Phi) is 4.49. The molecule has 1 saturated heterocycles. The van der Waals surface area contributed by atoms with Crippen molar-refractivity contribution in [3.05, 3.63) is 16.1 Å². The van der Waals surface area contributed by atoms with Gasteiger partial charge in [-0.05, 0) is 0 Å². The van der Waals surface area contributed by atoms with Crippen LogP contribution in [0, 0.1) is 0 Å². The number of carbonyl (C=O) groups excluding carboxylic acids is 1. The summed E-state index contributed by atoms with van der Waals surface area (Å²) < 4.78 is 0. The zero-order valence-corrected chi connectivity index (χ0v) is 11.2. The Morgan fingerprint density at radius 1 is 1.50 bits per heavy atom. The van der Waals surface area contributed by atoms with Gasteiger partial charge in [0.1, 0.15) is 5.01 Å². The van der Waals surface area contributed by atoms with Crippen molar-refractivity contribution in [3.8, 4) is 0 Å². The average Bonchev–Trinajstić information content (AvgIpc) is 2.78. The highest BCUT2D eigenvalue weighted by Gasteiger charge is 2.18. The fourth-order valence-electron chi connectivity index (χ4n) is 1.55. The smallest absolute Gasteiger partial charge is 0.229 e. The summed E-state index contributed by atoms with van der Waals surface area (Å²) in [4.78, 5) is 18.1. The van der Waals surface area contributed by atoms with Gasteiger partial charge >= 0.3 is 0 Å². The maximum Gasteiger partial charge on any atom is 0.229 e. The first-order valence-corrected chi connectivity index (χ1v) is 7.71. The van der Waals surface area contributed by atoms with Crippen molar-refractivity contribution in [2.24, 2.45) is 0 Å². The van der Waals surface area contributed by atoms with E-state index in [1.807, 2.05) is 22.0 Å². The third-order valence-electron chi connectivity index (χ3n) is 2.40. The maximum atomic E-state index is 11.9. The summed E-state index contributed by atoms with van der Waals surface area (Å²) in [7, 11) is 0. The molecule has 0 aromatic carbocycles. The van der Waals surface area contributed by atoms with E-state index < -0.39 is 0 Å². The van der Waals surface area contributed by atoms with Crippen LogP contribution in [0.3, 0.4) is 0 Å². The minimum Gasteiger partial charge on any atom is -0.341 e. The SMILES string of the molecule is O=C(Cc1nc(CCl)cs1)N1CCSCC1. The number of carbonyl (C=O) groups is 1. The quantitative estimate of drug-likeness (QED) is 0.792. The second-order valence-corrected chi connectivity index (χ2v) is 5.97. The van der Waals surface area contributed by atoms with Crippen molar-refractivity contribution in [2.45, 2.75) is 12.3 Å². The monoisotopic (exact) mass is 276 g/mol. The molecule has 1 aromatic heterocycles. The number of amides is 1. The van der Waals surface area contributed by atoms with Gasteiger partial charge in [0, 0.05) is 30.0 Å². The van der Waals surface area contributed by atoms with Crippen LogP contribution in [0.5, 0.6) is 0 Å². The predicted octanol–water partition coefficient (Wildman–Crippen LogP) is 2.00. The summed E-state index contributed by atoms with van der Waals surface area (Å²) in [6.45, 7) is 1.74. The molecule has 1 amide bonds. The average molecular weight is 277 g/mol. The Morgan fingerprint density at radius 2 is 2.25 bits per heavy atom. The molecule has 88 valence electrons. The lowest BCUT2D eigenvalue weighted by molar-refractivity contribution is -0.130. The van der Waals surface area contributed by atoms with Gasteiger partial charge in [-0.25, -0.2) is 4.98 Å². The first-order valence-electron chi connectivity index (χ1n) is 5.14. The Bertz CT molecular complexity index is 363. The Balaban J connectivity index is 1.90. The highest BCUT2D eigenvalue weighted by atomic mass is 35.5. The van der Waals surface area contributed by atoms with E-state index in [9.17, 15) is 4.79 Å². The fraction of sp³-hybridized carbons (Fsp3) is 0.600. The van der Waals surface area contributed by atoms with Crippen molar-refractivity contribution >= 4 is 40.6 Å². The predicted molar refractivity (Wildman–Crippen MR) is 69.3 cm³/mol. The van der Waals surface area contributed by atoms with E-state index >= 15 is 0 Å². The van der Waals surface area contributed by atoms with Gasteiger partial charge in [0.2, 0.25) is 5.91 Å². The van der Waals surface area contributed by atoms with E-state index in [4.69, 9.17) is 11.6 Å². The topological polar surface area (TPSA) is 33.2 Å². The van der Waals surface area contributed by atoms with Crippen LogP contribution in [0.25, 0.3) is 0 Å². The van der Waals surface area contributed by atoms with Crippen LogP contribution in [0.2, 0.25) is 0 Å². The summed E-state index contributed by atoms with van der Waals surface area (Å²) in [5.74, 6) is 2.72. The highest BCUT2D eigenvalue weighted by molar-refractivity contribution is 7.99. The molecule has 0 radical (unpaired) electrons. The number of aromatic nitrogens is 1. The normalized spacial score (nSPS) is 16.4. The van der Waals surface area contributed by atoms with Crippen LogP contribution >= 0.6 is 34.7 Å². The van der Waals surface area contributed by atoms with Crippen molar-refractivity contribution < 1.29 is 4.79 Å². The molecule has 0 atom stereocenters. The molecule has 0 spiro atoms. The molecule has 1 aliphatic rings. The number of halogens is 1. The van der Waals surface area contributed by atoms with Crippen LogP contribution in [0.4, 0.5) is 0 Å². The van der Waals surface area contributed by atoms with Gasteiger partial charge in [-0.1, -0.05) is 0 Å². The Hall–Kier alpha value is -0.260. The summed E-state index contributed by atoms with van der Waals surface area (Å²) in [5.41, 5.74) is 0.865. The van der Waals surface area contributed by atoms with Gasteiger partial charge in [-0.2, -0.15) is 11.8 Å².